The minimum absolute atomic E-state index is 0.109. The van der Waals surface area contributed by atoms with E-state index >= 15 is 0 Å². The monoisotopic (exact) mass is 249 g/mol. The number of nitrogens with zero attached hydrogens (tertiary/aromatic N) is 1. The number of hydrogen-bond acceptors (Lipinski definition) is 2. The molecule has 3 heteroatoms. The molecule has 0 aromatic heterocycles. The van der Waals surface area contributed by atoms with Crippen LogP contribution < -0.4 is 4.90 Å². The topological polar surface area (TPSA) is 29.5 Å². The van der Waals surface area contributed by atoms with E-state index in [1.54, 1.807) is 11.9 Å². The molecule has 0 aliphatic carbocycles. The van der Waals surface area contributed by atoms with E-state index in [0.29, 0.717) is 0 Å². The summed E-state index contributed by atoms with van der Waals surface area (Å²) in [4.78, 5) is 13.2. The van der Waals surface area contributed by atoms with E-state index in [1.807, 2.05) is 13.8 Å². The summed E-state index contributed by atoms with van der Waals surface area (Å²) >= 11 is 0. The molecule has 0 unspecified atom stereocenters. The van der Waals surface area contributed by atoms with Gasteiger partial charge in [-0.15, -0.1) is 0 Å². The number of rotatable bonds is 1. The molecule has 0 aliphatic rings. The predicted molar refractivity (Wildman–Crippen MR) is 75.4 cm³/mol. The Bertz CT molecular complexity index is 435. The van der Waals surface area contributed by atoms with Crippen LogP contribution in [0.15, 0.2) is 12.1 Å². The van der Waals surface area contributed by atoms with Crippen molar-refractivity contribution in [1.29, 1.82) is 0 Å². The van der Waals surface area contributed by atoms with Gasteiger partial charge in [-0.3, -0.25) is 4.90 Å². The Morgan fingerprint density at radius 2 is 1.61 bits per heavy atom. The third kappa shape index (κ3) is 2.84. The molecular formula is C15H23NO2. The maximum absolute atomic E-state index is 11.6. The van der Waals surface area contributed by atoms with Gasteiger partial charge in [-0.1, -0.05) is 32.9 Å². The molecule has 0 radical (unpaired) electrons. The van der Waals surface area contributed by atoms with Gasteiger partial charge in [0.15, 0.2) is 0 Å². The summed E-state index contributed by atoms with van der Waals surface area (Å²) in [5.74, 6) is 0. The second-order valence-electron chi connectivity index (χ2n) is 5.74. The summed E-state index contributed by atoms with van der Waals surface area (Å²) < 4.78 is 4.76. The van der Waals surface area contributed by atoms with Crippen LogP contribution in [0.25, 0.3) is 0 Å². The van der Waals surface area contributed by atoms with Crippen LogP contribution in [0.5, 0.6) is 0 Å². The number of anilines is 1. The van der Waals surface area contributed by atoms with E-state index in [4.69, 9.17) is 4.74 Å². The summed E-state index contributed by atoms with van der Waals surface area (Å²) in [5, 5.41) is 0. The van der Waals surface area contributed by atoms with E-state index < -0.39 is 0 Å². The van der Waals surface area contributed by atoms with Crippen molar-refractivity contribution in [3.8, 4) is 0 Å². The number of hydrogen-bond donors (Lipinski definition) is 0. The Morgan fingerprint density at radius 1 is 1.17 bits per heavy atom. The molecule has 0 saturated carbocycles. The highest BCUT2D eigenvalue weighted by Crippen LogP contribution is 2.31. The number of ether oxygens (including phenoxy) is 1. The molecule has 1 rings (SSSR count). The van der Waals surface area contributed by atoms with E-state index in [1.165, 1.54) is 12.7 Å². The molecular weight excluding hydrogens is 226 g/mol. The van der Waals surface area contributed by atoms with Gasteiger partial charge in [0.1, 0.15) is 0 Å². The fourth-order valence-corrected chi connectivity index (χ4v) is 2.15. The van der Waals surface area contributed by atoms with Crippen molar-refractivity contribution in [2.45, 2.75) is 40.0 Å². The fourth-order valence-electron chi connectivity index (χ4n) is 2.15. The number of carbonyl (C=O) groups is 1. The highest BCUT2D eigenvalue weighted by molar-refractivity contribution is 5.89. The van der Waals surface area contributed by atoms with Crippen LogP contribution in [0.2, 0.25) is 0 Å². The second-order valence-corrected chi connectivity index (χ2v) is 5.74. The SMILES string of the molecule is COC(=O)N(C)c1c(C)cc(C(C)(C)C)cc1C. The summed E-state index contributed by atoms with van der Waals surface area (Å²) in [6.07, 6.45) is -0.343. The van der Waals surface area contributed by atoms with Gasteiger partial charge >= 0.3 is 6.09 Å². The lowest BCUT2D eigenvalue weighted by Gasteiger charge is -2.25. The molecule has 1 aromatic rings. The van der Waals surface area contributed by atoms with Gasteiger partial charge in [0.2, 0.25) is 0 Å². The molecule has 1 amide bonds. The zero-order valence-corrected chi connectivity index (χ0v) is 12.4. The first-order valence-electron chi connectivity index (χ1n) is 6.12. The maximum atomic E-state index is 11.6. The first kappa shape index (κ1) is 14.6. The van der Waals surface area contributed by atoms with Crippen LogP contribution in [0.3, 0.4) is 0 Å². The Morgan fingerprint density at radius 3 is 1.94 bits per heavy atom. The molecule has 0 spiro atoms. The summed E-state index contributed by atoms with van der Waals surface area (Å²) in [5.41, 5.74) is 4.49. The third-order valence-electron chi connectivity index (χ3n) is 3.14. The van der Waals surface area contributed by atoms with E-state index in [0.717, 1.165) is 16.8 Å². The van der Waals surface area contributed by atoms with Crippen molar-refractivity contribution in [3.63, 3.8) is 0 Å². The van der Waals surface area contributed by atoms with Gasteiger partial charge < -0.3 is 4.74 Å². The van der Waals surface area contributed by atoms with Gasteiger partial charge in [-0.2, -0.15) is 0 Å². The molecule has 3 nitrogen and oxygen atoms in total. The molecule has 0 aliphatic heterocycles. The van der Waals surface area contributed by atoms with Gasteiger partial charge in [0.05, 0.1) is 12.8 Å². The van der Waals surface area contributed by atoms with Crippen LogP contribution in [-0.2, 0) is 10.2 Å². The molecule has 0 atom stereocenters. The lowest BCUT2D eigenvalue weighted by Crippen LogP contribution is -2.27. The molecule has 0 bridgehead atoms. The smallest absolute Gasteiger partial charge is 0.413 e. The van der Waals surface area contributed by atoms with Crippen molar-refractivity contribution in [2.24, 2.45) is 0 Å². The van der Waals surface area contributed by atoms with Crippen LogP contribution in [-0.4, -0.2) is 20.3 Å². The van der Waals surface area contributed by atoms with Crippen LogP contribution >= 0.6 is 0 Å². The fraction of sp³-hybridized carbons (Fsp3) is 0.533. The first-order valence-corrected chi connectivity index (χ1v) is 6.12. The Kier molecular flexibility index (Phi) is 4.05. The molecule has 18 heavy (non-hydrogen) atoms. The van der Waals surface area contributed by atoms with Gasteiger partial charge in [-0.05, 0) is 36.0 Å². The van der Waals surface area contributed by atoms with Crippen LogP contribution in [0.4, 0.5) is 10.5 Å². The minimum atomic E-state index is -0.343. The highest BCUT2D eigenvalue weighted by atomic mass is 16.5. The number of aryl methyl sites for hydroxylation is 2. The van der Waals surface area contributed by atoms with Crippen molar-refractivity contribution < 1.29 is 9.53 Å². The van der Waals surface area contributed by atoms with E-state index in [-0.39, 0.29) is 11.5 Å². The van der Waals surface area contributed by atoms with E-state index in [2.05, 4.69) is 32.9 Å². The number of carbonyl (C=O) groups excluding carboxylic acids is 1. The number of methoxy groups -OCH3 is 1. The second kappa shape index (κ2) is 5.01. The molecule has 0 fully saturated rings. The average Bonchev–Trinajstić information content (AvgIpc) is 2.25. The van der Waals surface area contributed by atoms with Crippen molar-refractivity contribution in [1.82, 2.24) is 0 Å². The molecule has 0 N–H and O–H groups in total. The summed E-state index contributed by atoms with van der Waals surface area (Å²) in [6, 6.07) is 4.28. The highest BCUT2D eigenvalue weighted by Gasteiger charge is 2.20. The molecule has 0 heterocycles. The van der Waals surface area contributed by atoms with Gasteiger partial charge in [0, 0.05) is 7.05 Å². The van der Waals surface area contributed by atoms with Crippen molar-refractivity contribution >= 4 is 11.8 Å². The number of amides is 1. The zero-order valence-electron chi connectivity index (χ0n) is 12.4. The Labute approximate surface area is 110 Å². The molecule has 1 aromatic carbocycles. The van der Waals surface area contributed by atoms with Crippen LogP contribution in [0, 0.1) is 13.8 Å². The largest absolute Gasteiger partial charge is 0.452 e. The quantitative estimate of drug-likeness (QED) is 0.757. The van der Waals surface area contributed by atoms with E-state index in [9.17, 15) is 4.79 Å². The normalized spacial score (nSPS) is 11.3. The Balaban J connectivity index is 3.29. The zero-order chi connectivity index (χ0) is 14.1. The third-order valence-corrected chi connectivity index (χ3v) is 3.14. The van der Waals surface area contributed by atoms with Crippen LogP contribution in [0.1, 0.15) is 37.5 Å². The maximum Gasteiger partial charge on any atom is 0.413 e. The van der Waals surface area contributed by atoms with Gasteiger partial charge in [0.25, 0.3) is 0 Å². The molecule has 100 valence electrons. The van der Waals surface area contributed by atoms with Crippen molar-refractivity contribution in [3.05, 3.63) is 28.8 Å². The van der Waals surface area contributed by atoms with Crippen molar-refractivity contribution in [2.75, 3.05) is 19.1 Å². The van der Waals surface area contributed by atoms with Gasteiger partial charge in [-0.25, -0.2) is 4.79 Å². The number of benzene rings is 1. The summed E-state index contributed by atoms with van der Waals surface area (Å²) in [6.45, 7) is 10.6. The predicted octanol–water partition coefficient (Wildman–Crippen LogP) is 3.80. The first-order chi connectivity index (χ1) is 8.18. The lowest BCUT2D eigenvalue weighted by molar-refractivity contribution is 0.180. The lowest BCUT2D eigenvalue weighted by atomic mass is 9.84. The minimum Gasteiger partial charge on any atom is -0.452 e. The Hall–Kier alpha value is -1.51. The average molecular weight is 249 g/mol. The summed E-state index contributed by atoms with van der Waals surface area (Å²) in [7, 11) is 3.13. The molecule has 0 saturated heterocycles. The standard InChI is InChI=1S/C15H23NO2/c1-10-8-12(15(3,4)5)9-11(2)13(10)16(6)14(17)18-7/h8-9H,1-7H3.